The average Bonchev–Trinajstić information content (AvgIpc) is 1.72. The van der Waals surface area contributed by atoms with Crippen LogP contribution in [0.5, 0.6) is 11.8 Å². The Kier molecular flexibility index (Phi) is 46.3. The van der Waals surface area contributed by atoms with Crippen molar-refractivity contribution in [2.75, 3.05) is 109 Å². The summed E-state index contributed by atoms with van der Waals surface area (Å²) < 4.78 is 136. The van der Waals surface area contributed by atoms with Crippen molar-refractivity contribution in [3.63, 3.8) is 0 Å². The van der Waals surface area contributed by atoms with Crippen LogP contribution in [0.15, 0.2) is 122 Å². The third kappa shape index (κ3) is 35.8. The van der Waals surface area contributed by atoms with Gasteiger partial charge < -0.3 is 75.7 Å². The van der Waals surface area contributed by atoms with Crippen molar-refractivity contribution in [3.8, 4) is 11.8 Å². The fourth-order valence-corrected chi connectivity index (χ4v) is 15.6. The van der Waals surface area contributed by atoms with Crippen molar-refractivity contribution in [3.05, 3.63) is 171 Å². The molecule has 0 atom stereocenters. The molecule has 0 unspecified atom stereocenters. The molecule has 672 valence electrons. The number of benzene rings is 2. The topological polar surface area (TPSA) is 444 Å². The van der Waals surface area contributed by atoms with Gasteiger partial charge in [0, 0.05) is 107 Å². The van der Waals surface area contributed by atoms with Gasteiger partial charge in [-0.2, -0.15) is 61.3 Å². The molecule has 2 aromatic carbocycles. The summed E-state index contributed by atoms with van der Waals surface area (Å²) in [6.07, 6.45) is 8.43. The molecule has 5 aliphatic heterocycles. The molecule has 1 amide bonds. The van der Waals surface area contributed by atoms with E-state index in [0.29, 0.717) is 144 Å². The number of alkyl halides is 6. The van der Waals surface area contributed by atoms with Gasteiger partial charge in [0.2, 0.25) is 17.5 Å². The van der Waals surface area contributed by atoms with Crippen LogP contribution in [0.2, 0.25) is 20.6 Å². The molecule has 33 nitrogen and oxygen atoms in total. The van der Waals surface area contributed by atoms with E-state index in [0.717, 1.165) is 157 Å². The van der Waals surface area contributed by atoms with Crippen molar-refractivity contribution >= 4 is 169 Å². The number of esters is 2. The third-order valence-electron chi connectivity index (χ3n) is 18.8. The SMILES string of the molecule is CCOC(=O)C1CCN(c2nsnc2Cl)CC1.CCOC(=O)C1CCNCC1.Clc1nsnc1Cl.Nc1cccc(C(F)(F)F)c1.O=C(Nc1cccc(C(F)(F)F)c1)C1CCN(c2nsnc2OCc2ccncc2)CC1.O=C(O)C1CCN(c2nsnc2Cl)CC1.O=C(O)C1CCN(c2nsnc2OCc2ccncc2)CC1.OCc1ccncc1.[Na+].[OH-]. The first-order valence-corrected chi connectivity index (χ1v) is 43.5. The minimum absolute atomic E-state index is 0. The summed E-state index contributed by atoms with van der Waals surface area (Å²) in [7, 11) is 0. The number of carbonyl (C=O) groups is 5. The Morgan fingerprint density at radius 2 is 0.800 bits per heavy atom. The van der Waals surface area contributed by atoms with Crippen LogP contribution in [0.3, 0.4) is 0 Å². The monoisotopic (exact) mass is 1930 g/mol. The van der Waals surface area contributed by atoms with Gasteiger partial charge in [0.05, 0.1) is 113 Å². The normalized spacial score (nSPS) is 15.0. The van der Waals surface area contributed by atoms with Gasteiger partial charge in [-0.15, -0.1) is 8.75 Å². The molecule has 8 N–H and O–H groups in total. The van der Waals surface area contributed by atoms with Gasteiger partial charge in [-0.1, -0.05) is 58.5 Å². The van der Waals surface area contributed by atoms with E-state index in [1.54, 1.807) is 49.3 Å². The number of hydrogen-bond donors (Lipinski definition) is 6. The molecule has 8 aromatic heterocycles. The quantitative estimate of drug-likeness (QED) is 0.0189. The predicted octanol–water partition coefficient (Wildman–Crippen LogP) is 11.7. The maximum Gasteiger partial charge on any atom is 1.00 e. The number of aliphatic hydroxyl groups excluding tert-OH is 1. The second kappa shape index (κ2) is 55.1. The molecule has 13 heterocycles. The van der Waals surface area contributed by atoms with Crippen molar-refractivity contribution in [2.45, 2.75) is 110 Å². The maximum atomic E-state index is 12.9. The number of nitrogen functional groups attached to an aromatic ring is 1. The number of halogens is 10. The number of aliphatic hydroxyl groups is 1. The number of carboxylic acids is 2. The third-order valence-corrected chi connectivity index (χ3v) is 22.9. The second-order valence-electron chi connectivity index (χ2n) is 27.1. The molecule has 15 rings (SSSR count). The number of hydrogen-bond acceptors (Lipinski definition) is 35. The Hall–Kier alpha value is -8.74. The Morgan fingerprint density at radius 1 is 0.464 bits per heavy atom. The number of aromatic nitrogens is 13. The van der Waals surface area contributed by atoms with Crippen LogP contribution in [0.1, 0.15) is 106 Å². The van der Waals surface area contributed by atoms with Gasteiger partial charge in [-0.3, -0.25) is 38.9 Å². The number of amides is 1. The molecule has 0 saturated carbocycles. The summed E-state index contributed by atoms with van der Waals surface area (Å²) in [4.78, 5) is 76.9. The van der Waals surface area contributed by atoms with Crippen LogP contribution < -0.4 is 75.0 Å². The maximum absolute atomic E-state index is 12.9. The zero-order valence-corrected chi connectivity index (χ0v) is 76.7. The van der Waals surface area contributed by atoms with Gasteiger partial charge in [0.25, 0.3) is 11.8 Å². The van der Waals surface area contributed by atoms with Gasteiger partial charge in [0.1, 0.15) is 13.2 Å². The van der Waals surface area contributed by atoms with E-state index >= 15 is 0 Å². The number of carbonyl (C=O) groups excluding carboxylic acids is 3. The molecule has 5 saturated heterocycles. The fourth-order valence-electron chi connectivity index (χ4n) is 12.2. The molecule has 5 fully saturated rings. The number of carboxylic acid groups (broad SMARTS) is 2. The van der Waals surface area contributed by atoms with Gasteiger partial charge in [0.15, 0.2) is 32.2 Å². The van der Waals surface area contributed by atoms with Crippen LogP contribution in [0.4, 0.5) is 61.0 Å². The fraction of sp³-hybridized carbons (Fsp3) is 0.447. The smallest absolute Gasteiger partial charge is 0.870 e. The van der Waals surface area contributed by atoms with Gasteiger partial charge in [-0.25, -0.2) is 0 Å². The minimum atomic E-state index is -4.45. The van der Waals surface area contributed by atoms with E-state index in [4.69, 9.17) is 86.4 Å². The van der Waals surface area contributed by atoms with Crippen molar-refractivity contribution in [1.82, 2.24) is 64.0 Å². The van der Waals surface area contributed by atoms with Crippen LogP contribution in [-0.2, 0) is 65.6 Å². The van der Waals surface area contributed by atoms with Gasteiger partial charge >= 0.3 is 65.8 Å². The number of nitrogens with zero attached hydrogens (tertiary/aromatic N) is 17. The zero-order chi connectivity index (χ0) is 88.7. The number of anilines is 6. The Morgan fingerprint density at radius 3 is 1.14 bits per heavy atom. The number of nitrogens with two attached hydrogens (primary N) is 1. The number of pyridine rings is 3. The summed E-state index contributed by atoms with van der Waals surface area (Å²) in [6, 6.07) is 20.3. The molecule has 5 aliphatic rings. The number of nitrogens with one attached hydrogen (secondary N) is 2. The molecule has 49 heteroatoms. The summed E-state index contributed by atoms with van der Waals surface area (Å²) in [5.74, 6) is 1.28. The number of aliphatic carboxylic acids is 2. The first-order valence-electron chi connectivity index (χ1n) is 38.3. The van der Waals surface area contributed by atoms with E-state index in [9.17, 15) is 50.3 Å². The molecule has 0 aliphatic carbocycles. The van der Waals surface area contributed by atoms with Crippen molar-refractivity contribution in [1.29, 1.82) is 0 Å². The van der Waals surface area contributed by atoms with Crippen LogP contribution in [0, 0.1) is 29.6 Å². The van der Waals surface area contributed by atoms with E-state index in [2.05, 4.69) is 74.2 Å². The molecule has 0 bridgehead atoms. The first-order chi connectivity index (χ1) is 59.1. The second-order valence-corrected chi connectivity index (χ2v) is 31.2. The van der Waals surface area contributed by atoms with Gasteiger partial charge in [-0.05, 0) is 181 Å². The molecular weight excluding hydrogens is 1840 g/mol. The largest absolute Gasteiger partial charge is 1.00 e. The molecule has 10 aromatic rings. The summed E-state index contributed by atoms with van der Waals surface area (Å²) in [6.45, 7) is 12.7. The molecule has 125 heavy (non-hydrogen) atoms. The van der Waals surface area contributed by atoms with E-state index < -0.39 is 35.4 Å². The number of piperidine rings is 5. The summed E-state index contributed by atoms with van der Waals surface area (Å²) in [5.41, 5.74) is 6.80. The Bertz CT molecular complexity index is 4790. The number of ether oxygens (including phenoxy) is 4. The van der Waals surface area contributed by atoms with E-state index in [1.165, 1.54) is 24.3 Å². The summed E-state index contributed by atoms with van der Waals surface area (Å²) in [5, 5.41) is 33.6. The molecule has 0 spiro atoms. The number of rotatable bonds is 19. The predicted molar refractivity (Wildman–Crippen MR) is 459 cm³/mol. The van der Waals surface area contributed by atoms with E-state index in [1.807, 2.05) is 52.8 Å². The summed E-state index contributed by atoms with van der Waals surface area (Å²) >= 11 is 27.8. The van der Waals surface area contributed by atoms with Crippen LogP contribution in [0.25, 0.3) is 0 Å². The minimum Gasteiger partial charge on any atom is -0.870 e. The van der Waals surface area contributed by atoms with Crippen LogP contribution >= 0.6 is 105 Å². The van der Waals surface area contributed by atoms with Crippen molar-refractivity contribution in [2.24, 2.45) is 29.6 Å². The van der Waals surface area contributed by atoms with Crippen LogP contribution in [-0.4, -0.2) is 188 Å². The Balaban J connectivity index is 0.000000231. The first kappa shape index (κ1) is 105. The standard InChI is InChI=1S/C21H20F3N5O2S.C14H16N4O3S.C10H14ClN3O2S.C8H10ClN3O2S.C8H15NO2.C7H6F3N.C6H7NO.C2Cl2N2S.Na.H2O/c22-21(23,24)16-2-1-3-17(12-16)26-19(30)15-6-10-29(11-7-15)18-20(28-32-27-18)31-13-14-4-8-25-9-5-14;19-14(20)11-3-7-18(8-4-11)12-13(17-22-16-12)21-9-10-1-5-15-6-2-10;1-2-16-10(15)7-3-5-14(6-4-7)9-8(11)12-17-13-9;9-6-7(11-15-10-6)12-3-1-5(2-4-12)8(13)14;1-2-11-8(10)7-3-5-9-6-4-7;8-7(9,10)5-2-1-3-6(11)4-5;8-5-6-1-3-7-4-2-6;3-1-2(4)6-7-5-1;;/h1-5,8-9,12,15H,6-7,10-11,13H2,(H,26,30);1-2,5-6,11H,3-4,7-9H2,(H,19,20);7H,2-6H2,1H3;5H,1-4H2,(H,13,14);7,9H,2-6H2,1H3;1-4H,11H2;1-4,8H,5H2;;;1H2/q;;;;;;;;+1;/p-1. The van der Waals surface area contributed by atoms with E-state index in [-0.39, 0.29) is 111 Å². The van der Waals surface area contributed by atoms with Crippen molar-refractivity contribution < 1.29 is 120 Å². The molecular formula is C76H89Cl4F6N20NaO13S5. The Labute approximate surface area is 778 Å². The zero-order valence-electron chi connectivity index (χ0n) is 67.6. The average molecular weight is 1930 g/mol. The molecule has 0 radical (unpaired) electrons.